The van der Waals surface area contributed by atoms with Gasteiger partial charge in [-0.3, -0.25) is 14.4 Å². The van der Waals surface area contributed by atoms with Gasteiger partial charge in [0, 0.05) is 12.1 Å². The van der Waals surface area contributed by atoms with E-state index in [0.29, 0.717) is 22.9 Å². The first kappa shape index (κ1) is 22.5. The summed E-state index contributed by atoms with van der Waals surface area (Å²) in [5.41, 5.74) is 0.515. The number of ether oxygens (including phenoxy) is 3. The number of nitrogens with one attached hydrogen (secondary N) is 1. The number of hydrogen-bond acceptors (Lipinski definition) is 9. The second-order valence-corrected chi connectivity index (χ2v) is 7.19. The van der Waals surface area contributed by atoms with Crippen LogP contribution in [0.2, 0.25) is 0 Å². The number of nitrogens with zero attached hydrogens (tertiary/aromatic N) is 2. The van der Waals surface area contributed by atoms with Crippen LogP contribution < -0.4 is 19.7 Å². The molecule has 0 unspecified atom stereocenters. The molecule has 2 heterocycles. The summed E-state index contributed by atoms with van der Waals surface area (Å²) in [6.45, 7) is 1.05. The molecule has 34 heavy (non-hydrogen) atoms. The first-order valence-electron chi connectivity index (χ1n) is 9.97. The van der Waals surface area contributed by atoms with Crippen molar-refractivity contribution in [1.29, 1.82) is 0 Å². The highest BCUT2D eigenvalue weighted by molar-refractivity contribution is 6.34. The van der Waals surface area contributed by atoms with Crippen LogP contribution in [0, 0.1) is 6.92 Å². The van der Waals surface area contributed by atoms with Crippen molar-refractivity contribution in [3.63, 3.8) is 0 Å². The summed E-state index contributed by atoms with van der Waals surface area (Å²) in [6, 6.07) is 10.2. The van der Waals surface area contributed by atoms with E-state index in [4.69, 9.17) is 18.7 Å². The van der Waals surface area contributed by atoms with Gasteiger partial charge in [0.25, 0.3) is 17.7 Å². The van der Waals surface area contributed by atoms with Gasteiger partial charge < -0.3 is 24.1 Å². The molecule has 0 spiro atoms. The smallest absolute Gasteiger partial charge is 0.338 e. The molecule has 11 heteroatoms. The monoisotopic (exact) mass is 465 g/mol. The van der Waals surface area contributed by atoms with Gasteiger partial charge in [0.05, 0.1) is 36.6 Å². The molecule has 0 saturated heterocycles. The van der Waals surface area contributed by atoms with E-state index in [9.17, 15) is 19.2 Å². The van der Waals surface area contributed by atoms with Crippen LogP contribution in [0.4, 0.5) is 11.5 Å². The third-order valence-electron chi connectivity index (χ3n) is 4.98. The largest absolute Gasteiger partial charge is 0.497 e. The van der Waals surface area contributed by atoms with E-state index in [-0.39, 0.29) is 22.5 Å². The Labute approximate surface area is 193 Å². The molecule has 1 aliphatic rings. The average molecular weight is 465 g/mol. The zero-order chi connectivity index (χ0) is 24.4. The number of amides is 3. The van der Waals surface area contributed by atoms with Crippen molar-refractivity contribution < 1.29 is 37.9 Å². The fourth-order valence-corrected chi connectivity index (χ4v) is 3.34. The molecule has 174 valence electrons. The quantitative estimate of drug-likeness (QED) is 0.412. The maximum Gasteiger partial charge on any atom is 0.338 e. The van der Waals surface area contributed by atoms with Gasteiger partial charge in [-0.2, -0.15) is 0 Å². The zero-order valence-electron chi connectivity index (χ0n) is 18.4. The molecule has 0 aliphatic carbocycles. The van der Waals surface area contributed by atoms with Crippen LogP contribution in [0.15, 0.2) is 47.0 Å². The summed E-state index contributed by atoms with van der Waals surface area (Å²) < 4.78 is 20.3. The average Bonchev–Trinajstić information content (AvgIpc) is 3.37. The molecule has 3 amide bonds. The van der Waals surface area contributed by atoms with Gasteiger partial charge in [-0.15, -0.1) is 0 Å². The number of aryl methyl sites for hydroxylation is 1. The number of benzene rings is 2. The Balaban J connectivity index is 1.42. The van der Waals surface area contributed by atoms with Crippen LogP contribution in [0.3, 0.4) is 0 Å². The number of fused-ring (bicyclic) bond motifs is 1. The van der Waals surface area contributed by atoms with Crippen molar-refractivity contribution in [3.8, 4) is 11.5 Å². The molecule has 1 aliphatic heterocycles. The lowest BCUT2D eigenvalue weighted by atomic mass is 10.1. The van der Waals surface area contributed by atoms with Crippen molar-refractivity contribution in [1.82, 2.24) is 5.16 Å². The Morgan fingerprint density at radius 3 is 2.44 bits per heavy atom. The molecule has 11 nitrogen and oxygen atoms in total. The lowest BCUT2D eigenvalue weighted by molar-refractivity contribution is -0.119. The predicted octanol–water partition coefficient (Wildman–Crippen LogP) is 2.60. The van der Waals surface area contributed by atoms with Crippen LogP contribution >= 0.6 is 0 Å². The second kappa shape index (κ2) is 9.06. The molecule has 0 bridgehead atoms. The van der Waals surface area contributed by atoms with E-state index in [0.717, 1.165) is 4.90 Å². The molecule has 0 radical (unpaired) electrons. The summed E-state index contributed by atoms with van der Waals surface area (Å²) in [6.07, 6.45) is 0. The SMILES string of the molecule is COc1ccc(NC(=O)COC(=O)c2ccc3c(c2)C(=O)N(c2cc(C)on2)C3=O)c(OC)c1. The first-order chi connectivity index (χ1) is 16.3. The number of rotatable bonds is 7. The number of carbonyl (C=O) groups excluding carboxylic acids is 4. The lowest BCUT2D eigenvalue weighted by Crippen LogP contribution is -2.29. The normalized spacial score (nSPS) is 12.4. The van der Waals surface area contributed by atoms with E-state index in [1.807, 2.05) is 0 Å². The van der Waals surface area contributed by atoms with Crippen LogP contribution in [-0.2, 0) is 9.53 Å². The molecule has 0 saturated carbocycles. The molecule has 1 aromatic heterocycles. The molecule has 1 N–H and O–H groups in total. The predicted molar refractivity (Wildman–Crippen MR) is 117 cm³/mol. The maximum absolute atomic E-state index is 12.8. The Bertz CT molecular complexity index is 1310. The molecule has 3 aromatic rings. The summed E-state index contributed by atoms with van der Waals surface area (Å²) >= 11 is 0. The minimum atomic E-state index is -0.837. The van der Waals surface area contributed by atoms with Gasteiger partial charge in [-0.25, -0.2) is 9.69 Å². The number of esters is 1. The highest BCUT2D eigenvalue weighted by Gasteiger charge is 2.38. The second-order valence-electron chi connectivity index (χ2n) is 7.19. The lowest BCUT2D eigenvalue weighted by Gasteiger charge is -2.12. The number of methoxy groups -OCH3 is 2. The van der Waals surface area contributed by atoms with Crippen LogP contribution in [0.1, 0.15) is 36.8 Å². The molecular formula is C23H19N3O8. The Hall–Kier alpha value is -4.67. The Morgan fingerprint density at radius 2 is 1.76 bits per heavy atom. The fraction of sp³-hybridized carbons (Fsp3) is 0.174. The van der Waals surface area contributed by atoms with Crippen LogP contribution in [0.5, 0.6) is 11.5 Å². The topological polar surface area (TPSA) is 137 Å². The van der Waals surface area contributed by atoms with E-state index < -0.39 is 30.3 Å². The van der Waals surface area contributed by atoms with Gasteiger partial charge in [0.1, 0.15) is 17.3 Å². The number of aromatic nitrogens is 1. The summed E-state index contributed by atoms with van der Waals surface area (Å²) in [5.74, 6) is -1.27. The molecular weight excluding hydrogens is 446 g/mol. The van der Waals surface area contributed by atoms with Crippen molar-refractivity contribution in [2.45, 2.75) is 6.92 Å². The molecule has 0 atom stereocenters. The van der Waals surface area contributed by atoms with Crippen LogP contribution in [0.25, 0.3) is 0 Å². The van der Waals surface area contributed by atoms with Gasteiger partial charge in [0.15, 0.2) is 12.4 Å². The Morgan fingerprint density at radius 1 is 1.00 bits per heavy atom. The standard InChI is InChI=1S/C23H19N3O8/c1-12-8-19(25-34-12)26-21(28)15-6-4-13(9-16(15)22(26)29)23(30)33-11-20(27)24-17-7-5-14(31-2)10-18(17)32-3/h4-10H,11H2,1-3H3,(H,24,27). The maximum atomic E-state index is 12.8. The molecule has 2 aromatic carbocycles. The third kappa shape index (κ3) is 4.18. The number of carbonyl (C=O) groups is 4. The van der Waals surface area contributed by atoms with E-state index in [2.05, 4.69) is 10.5 Å². The van der Waals surface area contributed by atoms with Crippen molar-refractivity contribution >= 4 is 35.2 Å². The van der Waals surface area contributed by atoms with Crippen LogP contribution in [-0.4, -0.2) is 49.7 Å². The minimum Gasteiger partial charge on any atom is -0.497 e. The highest BCUT2D eigenvalue weighted by Crippen LogP contribution is 2.30. The van der Waals surface area contributed by atoms with Gasteiger partial charge in [0.2, 0.25) is 0 Å². The van der Waals surface area contributed by atoms with Crippen molar-refractivity contribution in [2.24, 2.45) is 0 Å². The van der Waals surface area contributed by atoms with Gasteiger partial charge in [-0.05, 0) is 37.3 Å². The van der Waals surface area contributed by atoms with Crippen molar-refractivity contribution in [2.75, 3.05) is 31.0 Å². The van der Waals surface area contributed by atoms with Gasteiger partial charge in [-0.1, -0.05) is 5.16 Å². The highest BCUT2D eigenvalue weighted by atomic mass is 16.5. The van der Waals surface area contributed by atoms with Gasteiger partial charge >= 0.3 is 5.97 Å². The number of hydrogen-bond donors (Lipinski definition) is 1. The van der Waals surface area contributed by atoms with Crippen molar-refractivity contribution in [3.05, 3.63) is 64.9 Å². The zero-order valence-corrected chi connectivity index (χ0v) is 18.4. The van der Waals surface area contributed by atoms with E-state index in [1.165, 1.54) is 38.5 Å². The number of imide groups is 1. The minimum absolute atomic E-state index is 0.00733. The fourth-order valence-electron chi connectivity index (χ4n) is 3.34. The molecule has 0 fully saturated rings. The van der Waals surface area contributed by atoms with E-state index >= 15 is 0 Å². The van der Waals surface area contributed by atoms with E-state index in [1.54, 1.807) is 25.1 Å². The number of anilines is 2. The first-order valence-corrected chi connectivity index (χ1v) is 9.97. The summed E-state index contributed by atoms with van der Waals surface area (Å²) in [4.78, 5) is 51.0. The summed E-state index contributed by atoms with van der Waals surface area (Å²) in [7, 11) is 2.94. The Kier molecular flexibility index (Phi) is 6.00. The molecule has 4 rings (SSSR count). The third-order valence-corrected chi connectivity index (χ3v) is 4.98. The summed E-state index contributed by atoms with van der Waals surface area (Å²) in [5, 5.41) is 6.28.